The standard InChI is InChI=1S/C29H41N3O5S/c1-6-26(29(34)30-24-10-8-7-9-11-24)31(19-23-13-15-25(37-4)16-14-23)28(33)20-32(38(5,35)36)27-17-12-21(2)18-22(27)3/h12-18,24,26H,6-11,19-20H2,1-5H3,(H,30,34)/t26-/m1/s1. The Hall–Kier alpha value is -3.07. The molecule has 9 heteroatoms. The molecule has 0 aliphatic heterocycles. The zero-order valence-electron chi connectivity index (χ0n) is 23.2. The van der Waals surface area contributed by atoms with Crippen LogP contribution in [0.1, 0.15) is 62.1 Å². The van der Waals surface area contributed by atoms with E-state index in [0.717, 1.165) is 52.9 Å². The molecule has 2 amide bonds. The molecule has 0 bridgehead atoms. The smallest absolute Gasteiger partial charge is 0.244 e. The first-order valence-corrected chi connectivity index (χ1v) is 15.2. The maximum absolute atomic E-state index is 13.9. The van der Waals surface area contributed by atoms with Crippen molar-refractivity contribution in [2.75, 3.05) is 24.2 Å². The maximum Gasteiger partial charge on any atom is 0.244 e. The van der Waals surface area contributed by atoms with Crippen LogP contribution in [0.25, 0.3) is 0 Å². The van der Waals surface area contributed by atoms with Crippen molar-refractivity contribution in [3.63, 3.8) is 0 Å². The summed E-state index contributed by atoms with van der Waals surface area (Å²) in [6.07, 6.45) is 6.70. The van der Waals surface area contributed by atoms with Gasteiger partial charge in [-0.05, 0) is 62.4 Å². The molecule has 2 aromatic rings. The minimum atomic E-state index is -3.77. The molecule has 1 aliphatic rings. The number of anilines is 1. The lowest BCUT2D eigenvalue weighted by Gasteiger charge is -2.34. The van der Waals surface area contributed by atoms with Crippen molar-refractivity contribution in [3.05, 3.63) is 59.2 Å². The van der Waals surface area contributed by atoms with Gasteiger partial charge in [0.25, 0.3) is 0 Å². The van der Waals surface area contributed by atoms with E-state index in [1.165, 1.54) is 11.3 Å². The van der Waals surface area contributed by atoms with Gasteiger partial charge in [0, 0.05) is 12.6 Å². The highest BCUT2D eigenvalue weighted by Gasteiger charge is 2.33. The molecule has 8 nitrogen and oxygen atoms in total. The minimum Gasteiger partial charge on any atom is -0.497 e. The summed E-state index contributed by atoms with van der Waals surface area (Å²) >= 11 is 0. The average molecular weight is 544 g/mol. The van der Waals surface area contributed by atoms with Gasteiger partial charge in [-0.15, -0.1) is 0 Å². The molecule has 2 aromatic carbocycles. The van der Waals surface area contributed by atoms with Crippen LogP contribution in [0.2, 0.25) is 0 Å². The van der Waals surface area contributed by atoms with Crippen LogP contribution in [-0.2, 0) is 26.2 Å². The van der Waals surface area contributed by atoms with Gasteiger partial charge in [0.1, 0.15) is 18.3 Å². The Bertz CT molecular complexity index is 1210. The van der Waals surface area contributed by atoms with Gasteiger partial charge in [-0.2, -0.15) is 0 Å². The molecule has 0 saturated heterocycles. The van der Waals surface area contributed by atoms with Gasteiger partial charge in [-0.3, -0.25) is 13.9 Å². The third-order valence-electron chi connectivity index (χ3n) is 7.15. The van der Waals surface area contributed by atoms with E-state index >= 15 is 0 Å². The Morgan fingerprint density at radius 1 is 1.05 bits per heavy atom. The fourth-order valence-corrected chi connectivity index (χ4v) is 5.98. The van der Waals surface area contributed by atoms with Crippen molar-refractivity contribution in [1.82, 2.24) is 10.2 Å². The zero-order valence-corrected chi connectivity index (χ0v) is 24.0. The topological polar surface area (TPSA) is 96.0 Å². The molecule has 1 fully saturated rings. The summed E-state index contributed by atoms with van der Waals surface area (Å²) in [7, 11) is -2.19. The zero-order chi connectivity index (χ0) is 27.9. The largest absolute Gasteiger partial charge is 0.497 e. The molecule has 0 aromatic heterocycles. The van der Waals surface area contributed by atoms with E-state index in [-0.39, 0.29) is 18.5 Å². The van der Waals surface area contributed by atoms with Gasteiger partial charge in [0.15, 0.2) is 0 Å². The number of rotatable bonds is 11. The summed E-state index contributed by atoms with van der Waals surface area (Å²) in [6.45, 7) is 5.40. The van der Waals surface area contributed by atoms with Crippen LogP contribution >= 0.6 is 0 Å². The Morgan fingerprint density at radius 3 is 2.26 bits per heavy atom. The summed E-state index contributed by atoms with van der Waals surface area (Å²) in [5.74, 6) is 0.0577. The molecular weight excluding hydrogens is 502 g/mol. The highest BCUT2D eigenvalue weighted by atomic mass is 32.2. The van der Waals surface area contributed by atoms with Crippen molar-refractivity contribution >= 4 is 27.5 Å². The number of nitrogens with zero attached hydrogens (tertiary/aromatic N) is 2. The van der Waals surface area contributed by atoms with Crippen molar-refractivity contribution in [1.29, 1.82) is 0 Å². The number of aryl methyl sites for hydroxylation is 2. The van der Waals surface area contributed by atoms with E-state index in [9.17, 15) is 18.0 Å². The second-order valence-electron chi connectivity index (χ2n) is 10.2. The van der Waals surface area contributed by atoms with Crippen LogP contribution in [0.5, 0.6) is 5.75 Å². The second-order valence-corrected chi connectivity index (χ2v) is 12.1. The van der Waals surface area contributed by atoms with E-state index < -0.39 is 28.5 Å². The van der Waals surface area contributed by atoms with Crippen LogP contribution in [0.3, 0.4) is 0 Å². The molecular formula is C29H41N3O5S. The average Bonchev–Trinajstić information content (AvgIpc) is 2.88. The van der Waals surface area contributed by atoms with Crippen LogP contribution in [0, 0.1) is 13.8 Å². The van der Waals surface area contributed by atoms with Crippen LogP contribution in [0.15, 0.2) is 42.5 Å². The number of carbonyl (C=O) groups is 2. The first-order chi connectivity index (χ1) is 18.0. The number of methoxy groups -OCH3 is 1. The van der Waals surface area contributed by atoms with Gasteiger partial charge in [-0.1, -0.05) is 56.0 Å². The minimum absolute atomic E-state index is 0.103. The van der Waals surface area contributed by atoms with Crippen molar-refractivity contribution in [2.45, 2.75) is 77.9 Å². The Balaban J connectivity index is 1.93. The maximum atomic E-state index is 13.9. The fraction of sp³-hybridized carbons (Fsp3) is 0.517. The molecule has 1 N–H and O–H groups in total. The molecule has 1 saturated carbocycles. The molecule has 0 spiro atoms. The van der Waals surface area contributed by atoms with E-state index in [1.54, 1.807) is 25.3 Å². The van der Waals surface area contributed by atoms with Gasteiger partial charge in [0.2, 0.25) is 21.8 Å². The number of nitrogens with one attached hydrogen (secondary N) is 1. The highest BCUT2D eigenvalue weighted by Crippen LogP contribution is 2.25. The molecule has 0 unspecified atom stereocenters. The summed E-state index contributed by atoms with van der Waals surface area (Å²) in [6, 6.07) is 12.1. The number of carbonyl (C=O) groups excluding carboxylic acids is 2. The van der Waals surface area contributed by atoms with Gasteiger partial charge in [0.05, 0.1) is 19.1 Å². The predicted molar refractivity (Wildman–Crippen MR) is 151 cm³/mol. The fourth-order valence-electron chi connectivity index (χ4n) is 5.07. The third kappa shape index (κ3) is 7.72. The molecule has 208 valence electrons. The van der Waals surface area contributed by atoms with Crippen LogP contribution < -0.4 is 14.4 Å². The Kier molecular flexibility index (Phi) is 10.2. The molecule has 3 rings (SSSR count). The van der Waals surface area contributed by atoms with E-state index in [1.807, 2.05) is 45.0 Å². The third-order valence-corrected chi connectivity index (χ3v) is 8.28. The summed E-state index contributed by atoms with van der Waals surface area (Å²) in [5.41, 5.74) is 3.03. The van der Waals surface area contributed by atoms with Gasteiger partial charge >= 0.3 is 0 Å². The number of sulfonamides is 1. The summed E-state index contributed by atoms with van der Waals surface area (Å²) in [5, 5.41) is 3.16. The number of hydrogen-bond acceptors (Lipinski definition) is 5. The molecule has 0 radical (unpaired) electrons. The molecule has 1 atom stereocenters. The van der Waals surface area contributed by atoms with Crippen LogP contribution in [0.4, 0.5) is 5.69 Å². The Labute approximate surface area is 227 Å². The van der Waals surface area contributed by atoms with E-state index in [2.05, 4.69) is 5.32 Å². The van der Waals surface area contributed by atoms with Crippen molar-refractivity contribution in [3.8, 4) is 5.75 Å². The molecule has 38 heavy (non-hydrogen) atoms. The summed E-state index contributed by atoms with van der Waals surface area (Å²) < 4.78 is 32.1. The van der Waals surface area contributed by atoms with E-state index in [4.69, 9.17) is 4.74 Å². The molecule has 1 aliphatic carbocycles. The van der Waals surface area contributed by atoms with Gasteiger partial charge < -0.3 is 15.0 Å². The lowest BCUT2D eigenvalue weighted by Crippen LogP contribution is -2.54. The number of benzene rings is 2. The Morgan fingerprint density at radius 2 is 1.71 bits per heavy atom. The quantitative estimate of drug-likeness (QED) is 0.455. The number of ether oxygens (including phenoxy) is 1. The second kappa shape index (κ2) is 13.1. The van der Waals surface area contributed by atoms with Gasteiger partial charge in [-0.25, -0.2) is 8.42 Å². The molecule has 0 heterocycles. The van der Waals surface area contributed by atoms with Crippen LogP contribution in [-0.4, -0.2) is 57.1 Å². The monoisotopic (exact) mass is 543 g/mol. The SMILES string of the molecule is CC[C@H](C(=O)NC1CCCCC1)N(Cc1ccc(OC)cc1)C(=O)CN(c1ccc(C)cc1C)S(C)(=O)=O. The highest BCUT2D eigenvalue weighted by molar-refractivity contribution is 7.92. The van der Waals surface area contributed by atoms with Crippen molar-refractivity contribution < 1.29 is 22.7 Å². The summed E-state index contributed by atoms with van der Waals surface area (Å²) in [4.78, 5) is 28.9. The predicted octanol–water partition coefficient (Wildman–Crippen LogP) is 4.33. The first-order valence-electron chi connectivity index (χ1n) is 13.3. The normalized spacial score (nSPS) is 15.0. The van der Waals surface area contributed by atoms with E-state index in [0.29, 0.717) is 17.9 Å². The lowest BCUT2D eigenvalue weighted by atomic mass is 9.95. The number of amides is 2. The van der Waals surface area contributed by atoms with Crippen molar-refractivity contribution in [2.24, 2.45) is 0 Å². The number of hydrogen-bond donors (Lipinski definition) is 1. The first kappa shape index (κ1) is 29.5. The lowest BCUT2D eigenvalue weighted by molar-refractivity contribution is -0.140.